The van der Waals surface area contributed by atoms with Gasteiger partial charge in [0, 0.05) is 45.4 Å². The zero-order valence-corrected chi connectivity index (χ0v) is 21.3. The number of aliphatic imine (C=N–C) groups is 1. The average Bonchev–Trinajstić information content (AvgIpc) is 3.29. The summed E-state index contributed by atoms with van der Waals surface area (Å²) in [4.78, 5) is 4.65. The summed E-state index contributed by atoms with van der Waals surface area (Å²) in [7, 11) is 0. The fourth-order valence-electron chi connectivity index (χ4n) is 4.05. The maximum Gasteiger partial charge on any atom is 0.191 e. The molecule has 7 heteroatoms. The van der Waals surface area contributed by atoms with E-state index < -0.39 is 0 Å². The molecule has 1 aliphatic heterocycles. The van der Waals surface area contributed by atoms with Gasteiger partial charge in [-0.15, -0.1) is 24.0 Å². The van der Waals surface area contributed by atoms with Gasteiger partial charge in [0.1, 0.15) is 0 Å². The van der Waals surface area contributed by atoms with Crippen LogP contribution in [0, 0.1) is 5.92 Å². The zero-order chi connectivity index (χ0) is 20.9. The summed E-state index contributed by atoms with van der Waals surface area (Å²) in [5, 5.41) is 6.73. The summed E-state index contributed by atoms with van der Waals surface area (Å²) in [6, 6.07) is 8.71. The third-order valence-corrected chi connectivity index (χ3v) is 5.69. The summed E-state index contributed by atoms with van der Waals surface area (Å²) in [6.07, 6.45) is 6.82. The Morgan fingerprint density at radius 1 is 1.16 bits per heavy atom. The van der Waals surface area contributed by atoms with Crippen LogP contribution in [0.5, 0.6) is 0 Å². The van der Waals surface area contributed by atoms with Crippen LogP contribution in [0.15, 0.2) is 29.3 Å². The van der Waals surface area contributed by atoms with Gasteiger partial charge in [0.05, 0.1) is 19.3 Å². The number of ether oxygens (including phenoxy) is 3. The minimum atomic E-state index is 0. The number of nitrogens with zero attached hydrogens (tertiary/aromatic N) is 1. The number of hydrogen-bond donors (Lipinski definition) is 2. The van der Waals surface area contributed by atoms with Crippen LogP contribution in [-0.2, 0) is 20.6 Å². The van der Waals surface area contributed by atoms with Crippen LogP contribution in [0.2, 0.25) is 0 Å². The van der Waals surface area contributed by atoms with Crippen molar-refractivity contribution in [3.63, 3.8) is 0 Å². The molecule has 0 saturated carbocycles. The lowest BCUT2D eigenvalue weighted by atomic mass is 9.89. The Labute approximate surface area is 204 Å². The molecule has 0 spiro atoms. The Morgan fingerprint density at radius 3 is 2.90 bits per heavy atom. The molecule has 1 fully saturated rings. The van der Waals surface area contributed by atoms with Gasteiger partial charge in [-0.3, -0.25) is 4.99 Å². The first-order valence-corrected chi connectivity index (χ1v) is 11.7. The number of benzene rings is 1. The maximum atomic E-state index is 6.19. The van der Waals surface area contributed by atoms with Gasteiger partial charge >= 0.3 is 0 Å². The molecule has 0 aromatic heterocycles. The topological polar surface area (TPSA) is 64.1 Å². The highest BCUT2D eigenvalue weighted by Crippen LogP contribution is 2.32. The van der Waals surface area contributed by atoms with Crippen molar-refractivity contribution in [2.24, 2.45) is 10.9 Å². The van der Waals surface area contributed by atoms with Crippen molar-refractivity contribution in [1.82, 2.24) is 10.6 Å². The lowest BCUT2D eigenvalue weighted by Gasteiger charge is -2.25. The molecule has 31 heavy (non-hydrogen) atoms. The van der Waals surface area contributed by atoms with Gasteiger partial charge in [-0.25, -0.2) is 0 Å². The fraction of sp³-hybridized carbons (Fsp3) is 0.708. The van der Waals surface area contributed by atoms with Gasteiger partial charge < -0.3 is 24.8 Å². The molecule has 2 atom stereocenters. The van der Waals surface area contributed by atoms with Crippen LogP contribution in [0.3, 0.4) is 0 Å². The highest BCUT2D eigenvalue weighted by atomic mass is 127. The highest BCUT2D eigenvalue weighted by Gasteiger charge is 2.19. The highest BCUT2D eigenvalue weighted by molar-refractivity contribution is 14.0. The number of rotatable bonds is 12. The van der Waals surface area contributed by atoms with E-state index in [9.17, 15) is 0 Å². The summed E-state index contributed by atoms with van der Waals surface area (Å²) >= 11 is 0. The third-order valence-electron chi connectivity index (χ3n) is 5.69. The lowest BCUT2D eigenvalue weighted by molar-refractivity contribution is 0.0398. The van der Waals surface area contributed by atoms with Gasteiger partial charge in [0.25, 0.3) is 0 Å². The Balaban J connectivity index is 0.00000341. The van der Waals surface area contributed by atoms with Crippen LogP contribution in [0.25, 0.3) is 0 Å². The number of guanidine groups is 1. The van der Waals surface area contributed by atoms with Crippen molar-refractivity contribution >= 4 is 29.9 Å². The van der Waals surface area contributed by atoms with Crippen LogP contribution in [0.1, 0.15) is 56.3 Å². The smallest absolute Gasteiger partial charge is 0.191 e. The molecule has 3 rings (SSSR count). The number of nitrogens with one attached hydrogen (secondary N) is 2. The predicted octanol–water partition coefficient (Wildman–Crippen LogP) is 4.09. The van der Waals surface area contributed by atoms with E-state index in [1.807, 2.05) is 0 Å². The molecule has 2 N–H and O–H groups in total. The van der Waals surface area contributed by atoms with Crippen molar-refractivity contribution in [1.29, 1.82) is 0 Å². The van der Waals surface area contributed by atoms with E-state index in [0.29, 0.717) is 5.92 Å². The fourth-order valence-corrected chi connectivity index (χ4v) is 4.05. The molecular weight excluding hydrogens is 505 g/mol. The van der Waals surface area contributed by atoms with Gasteiger partial charge in [-0.1, -0.05) is 24.3 Å². The third kappa shape index (κ3) is 9.63. The van der Waals surface area contributed by atoms with E-state index in [4.69, 9.17) is 14.2 Å². The quantitative estimate of drug-likeness (QED) is 0.179. The van der Waals surface area contributed by atoms with Gasteiger partial charge in [-0.05, 0) is 56.6 Å². The Bertz CT molecular complexity index is 638. The molecule has 1 aromatic carbocycles. The predicted molar refractivity (Wildman–Crippen MR) is 136 cm³/mol. The molecule has 1 aliphatic carbocycles. The van der Waals surface area contributed by atoms with Crippen molar-refractivity contribution in [2.45, 2.75) is 51.6 Å². The Kier molecular flexibility index (Phi) is 13.5. The number of aryl methyl sites for hydroxylation is 1. The zero-order valence-electron chi connectivity index (χ0n) is 18.9. The molecule has 0 bridgehead atoms. The first kappa shape index (κ1) is 26.4. The second-order valence-electron chi connectivity index (χ2n) is 8.15. The van der Waals surface area contributed by atoms with E-state index >= 15 is 0 Å². The molecule has 1 saturated heterocycles. The maximum absolute atomic E-state index is 6.19. The van der Waals surface area contributed by atoms with Gasteiger partial charge in [0.15, 0.2) is 5.96 Å². The van der Waals surface area contributed by atoms with E-state index in [2.05, 4.69) is 46.8 Å². The van der Waals surface area contributed by atoms with Crippen molar-refractivity contribution in [3.05, 3.63) is 35.4 Å². The van der Waals surface area contributed by atoms with Crippen molar-refractivity contribution < 1.29 is 14.2 Å². The van der Waals surface area contributed by atoms with E-state index in [1.165, 1.54) is 24.0 Å². The molecule has 1 aromatic rings. The minimum Gasteiger partial charge on any atom is -0.381 e. The lowest BCUT2D eigenvalue weighted by Crippen LogP contribution is -2.38. The van der Waals surface area contributed by atoms with Crippen LogP contribution >= 0.6 is 24.0 Å². The second kappa shape index (κ2) is 15.8. The van der Waals surface area contributed by atoms with Crippen LogP contribution in [-0.4, -0.2) is 58.6 Å². The second-order valence-corrected chi connectivity index (χ2v) is 8.15. The number of fused-ring (bicyclic) bond motifs is 1. The Morgan fingerprint density at radius 2 is 2.06 bits per heavy atom. The van der Waals surface area contributed by atoms with E-state index in [-0.39, 0.29) is 30.1 Å². The Hall–Kier alpha value is -0.900. The van der Waals surface area contributed by atoms with Gasteiger partial charge in [-0.2, -0.15) is 0 Å². The standard InChI is InChI=1S/C24H39N3O3.HI/c1-2-25-24(26-13-6-15-28-18-20-12-17-29-19-20)27-14-7-16-30-23-11-5-9-21-8-3-4-10-22(21)23;/h3-4,8,10,20,23H,2,5-7,9,11-19H2,1H3,(H2,25,26,27);1H. The largest absolute Gasteiger partial charge is 0.381 e. The van der Waals surface area contributed by atoms with Gasteiger partial charge in [0.2, 0.25) is 0 Å². The molecule has 176 valence electrons. The minimum absolute atomic E-state index is 0. The molecule has 0 amide bonds. The molecule has 1 heterocycles. The van der Waals surface area contributed by atoms with Crippen LogP contribution in [0.4, 0.5) is 0 Å². The molecule has 0 radical (unpaired) electrons. The monoisotopic (exact) mass is 545 g/mol. The summed E-state index contributed by atoms with van der Waals surface area (Å²) in [5.74, 6) is 1.46. The number of hydrogen-bond acceptors (Lipinski definition) is 4. The molecular formula is C24H40IN3O3. The van der Waals surface area contributed by atoms with Crippen LogP contribution < -0.4 is 10.6 Å². The van der Waals surface area contributed by atoms with E-state index in [0.717, 1.165) is 84.3 Å². The number of halogens is 1. The van der Waals surface area contributed by atoms with Crippen molar-refractivity contribution in [3.8, 4) is 0 Å². The molecule has 2 unspecified atom stereocenters. The van der Waals surface area contributed by atoms with E-state index in [1.54, 1.807) is 0 Å². The van der Waals surface area contributed by atoms with Crippen molar-refractivity contribution in [2.75, 3.05) is 52.7 Å². The normalized spacial score (nSPS) is 20.7. The first-order chi connectivity index (χ1) is 14.9. The summed E-state index contributed by atoms with van der Waals surface area (Å²) < 4.78 is 17.3. The summed E-state index contributed by atoms with van der Waals surface area (Å²) in [5.41, 5.74) is 2.84. The summed E-state index contributed by atoms with van der Waals surface area (Å²) in [6.45, 7) is 8.66. The molecule has 2 aliphatic rings. The SMILES string of the molecule is CCNC(=NCCCOCC1CCOC1)NCCCOC1CCCc2ccccc21.I. The average molecular weight is 546 g/mol. The first-order valence-electron chi connectivity index (χ1n) is 11.7. The molecule has 6 nitrogen and oxygen atoms in total.